The van der Waals surface area contributed by atoms with Gasteiger partial charge in [0.05, 0.1) is 0 Å². The van der Waals surface area contributed by atoms with Crippen molar-refractivity contribution in [1.82, 2.24) is 5.32 Å². The number of rotatable bonds is 7. The van der Waals surface area contributed by atoms with Gasteiger partial charge >= 0.3 is 0 Å². The molecule has 0 aromatic heterocycles. The molecular weight excluding hydrogens is 331 g/mol. The fraction of sp³-hybridized carbons (Fsp3) is 0.278. The summed E-state index contributed by atoms with van der Waals surface area (Å²) in [6.45, 7) is 3.39. The van der Waals surface area contributed by atoms with Crippen LogP contribution in [0.25, 0.3) is 0 Å². The maximum Gasteiger partial charge on any atom is 0.225 e. The third-order valence-corrected chi connectivity index (χ3v) is 4.15. The second-order valence-electron chi connectivity index (χ2n) is 5.39. The van der Waals surface area contributed by atoms with Crippen LogP contribution < -0.4 is 10.6 Å². The molecule has 0 radical (unpaired) electrons. The first-order valence-electron chi connectivity index (χ1n) is 7.56. The highest BCUT2D eigenvalue weighted by Gasteiger charge is 2.03. The molecule has 0 spiro atoms. The Morgan fingerprint density at radius 2 is 1.78 bits per heavy atom. The van der Waals surface area contributed by atoms with Crippen molar-refractivity contribution in [2.24, 2.45) is 0 Å². The van der Waals surface area contributed by atoms with Crippen LogP contribution in [-0.4, -0.2) is 19.0 Å². The van der Waals surface area contributed by atoms with E-state index in [0.29, 0.717) is 18.0 Å². The molecule has 3 nitrogen and oxygen atoms in total. The zero-order valence-electron chi connectivity index (χ0n) is 13.0. The van der Waals surface area contributed by atoms with Crippen LogP contribution in [0.3, 0.4) is 0 Å². The Kier molecular flexibility index (Phi) is 6.90. The summed E-state index contributed by atoms with van der Waals surface area (Å²) in [5.74, 6) is -0.0242. The van der Waals surface area contributed by atoms with Crippen LogP contribution in [-0.2, 0) is 11.2 Å². The number of hydrogen-bond acceptors (Lipinski definition) is 2. The molecule has 5 heteroatoms. The number of benzene rings is 2. The Morgan fingerprint density at radius 3 is 2.48 bits per heavy atom. The molecule has 0 bridgehead atoms. The van der Waals surface area contributed by atoms with Crippen molar-refractivity contribution in [3.8, 4) is 0 Å². The summed E-state index contributed by atoms with van der Waals surface area (Å²) in [4.78, 5) is 11.9. The molecule has 23 heavy (non-hydrogen) atoms. The van der Waals surface area contributed by atoms with Crippen molar-refractivity contribution in [1.29, 1.82) is 0 Å². The molecule has 2 aromatic carbocycles. The number of amides is 1. The lowest BCUT2D eigenvalue weighted by atomic mass is 10.1. The normalized spacial score (nSPS) is 10.6. The van der Waals surface area contributed by atoms with E-state index in [-0.39, 0.29) is 5.91 Å². The van der Waals surface area contributed by atoms with Crippen LogP contribution in [0.4, 0.5) is 5.69 Å². The van der Waals surface area contributed by atoms with E-state index in [1.807, 2.05) is 43.3 Å². The van der Waals surface area contributed by atoms with E-state index < -0.39 is 0 Å². The lowest BCUT2D eigenvalue weighted by Gasteiger charge is -2.08. The highest BCUT2D eigenvalue weighted by Crippen LogP contribution is 2.19. The maximum atomic E-state index is 11.9. The molecule has 0 saturated carbocycles. The number of halogens is 2. The van der Waals surface area contributed by atoms with Crippen molar-refractivity contribution in [3.63, 3.8) is 0 Å². The van der Waals surface area contributed by atoms with Gasteiger partial charge in [-0.05, 0) is 55.3 Å². The van der Waals surface area contributed by atoms with Crippen LogP contribution >= 0.6 is 23.2 Å². The lowest BCUT2D eigenvalue weighted by molar-refractivity contribution is -0.116. The Morgan fingerprint density at radius 1 is 1.04 bits per heavy atom. The van der Waals surface area contributed by atoms with Crippen molar-refractivity contribution >= 4 is 34.8 Å². The summed E-state index contributed by atoms with van der Waals surface area (Å²) in [5, 5.41) is 7.51. The zero-order chi connectivity index (χ0) is 16.7. The van der Waals surface area contributed by atoms with Crippen LogP contribution in [0.15, 0.2) is 42.5 Å². The van der Waals surface area contributed by atoms with E-state index in [0.717, 1.165) is 29.2 Å². The zero-order valence-corrected chi connectivity index (χ0v) is 14.5. The monoisotopic (exact) mass is 350 g/mol. The largest absolute Gasteiger partial charge is 0.326 e. The van der Waals surface area contributed by atoms with Gasteiger partial charge in [-0.1, -0.05) is 41.4 Å². The van der Waals surface area contributed by atoms with Gasteiger partial charge in [0.1, 0.15) is 0 Å². The smallest absolute Gasteiger partial charge is 0.225 e. The number of nitrogens with one attached hydrogen (secondary N) is 2. The van der Waals surface area contributed by atoms with Crippen molar-refractivity contribution in [2.45, 2.75) is 19.8 Å². The number of hydrogen-bond donors (Lipinski definition) is 2. The summed E-state index contributed by atoms with van der Waals surface area (Å²) < 4.78 is 0. The molecule has 2 rings (SSSR count). The average Bonchev–Trinajstić information content (AvgIpc) is 2.52. The minimum absolute atomic E-state index is 0.0242. The topological polar surface area (TPSA) is 41.1 Å². The summed E-state index contributed by atoms with van der Waals surface area (Å²) in [5.41, 5.74) is 2.95. The van der Waals surface area contributed by atoms with E-state index in [9.17, 15) is 4.79 Å². The third kappa shape index (κ3) is 6.22. The molecule has 0 aliphatic carbocycles. The van der Waals surface area contributed by atoms with Gasteiger partial charge < -0.3 is 10.6 Å². The Labute approximate surface area is 147 Å². The first kappa shape index (κ1) is 17.8. The average molecular weight is 351 g/mol. The number of carbonyl (C=O) groups is 1. The number of carbonyl (C=O) groups excluding carboxylic acids is 1. The van der Waals surface area contributed by atoms with Crippen molar-refractivity contribution in [2.75, 3.05) is 18.4 Å². The summed E-state index contributed by atoms with van der Waals surface area (Å²) in [6.07, 6.45) is 1.33. The predicted octanol–water partition coefficient (Wildman–Crippen LogP) is 4.46. The Hall–Kier alpha value is -1.55. The first-order chi connectivity index (χ1) is 11.0. The van der Waals surface area contributed by atoms with Gasteiger partial charge in [-0.25, -0.2) is 0 Å². The minimum Gasteiger partial charge on any atom is -0.326 e. The molecule has 1 amide bonds. The molecule has 0 fully saturated rings. The maximum absolute atomic E-state index is 11.9. The molecule has 0 unspecified atom stereocenters. The lowest BCUT2D eigenvalue weighted by Crippen LogP contribution is -2.23. The molecule has 0 aliphatic rings. The number of anilines is 1. The molecule has 2 aromatic rings. The molecule has 122 valence electrons. The molecule has 0 heterocycles. The predicted molar refractivity (Wildman–Crippen MR) is 97.5 cm³/mol. The Balaban J connectivity index is 1.64. The highest BCUT2D eigenvalue weighted by atomic mass is 35.5. The standard InChI is InChI=1S/C18H20Cl2N2O/c1-13-2-7-16(12-17(13)20)22-18(23)9-11-21-10-8-14-3-5-15(19)6-4-14/h2-7,12,21H,8-11H2,1H3,(H,22,23). The van der Waals surface area contributed by atoms with E-state index in [1.165, 1.54) is 5.56 Å². The van der Waals surface area contributed by atoms with Crippen LogP contribution in [0.5, 0.6) is 0 Å². The van der Waals surface area contributed by atoms with E-state index in [1.54, 1.807) is 6.07 Å². The van der Waals surface area contributed by atoms with E-state index in [2.05, 4.69) is 10.6 Å². The summed E-state index contributed by atoms with van der Waals surface area (Å²) >= 11 is 11.9. The van der Waals surface area contributed by atoms with Crippen LogP contribution in [0, 0.1) is 6.92 Å². The molecule has 0 saturated heterocycles. The molecule has 0 aliphatic heterocycles. The van der Waals surface area contributed by atoms with Gasteiger partial charge in [-0.15, -0.1) is 0 Å². The first-order valence-corrected chi connectivity index (χ1v) is 8.31. The second kappa shape index (κ2) is 8.92. The second-order valence-corrected chi connectivity index (χ2v) is 6.23. The van der Waals surface area contributed by atoms with Gasteiger partial charge in [0.25, 0.3) is 0 Å². The van der Waals surface area contributed by atoms with Gasteiger partial charge in [-0.2, -0.15) is 0 Å². The van der Waals surface area contributed by atoms with Gasteiger partial charge in [-0.3, -0.25) is 4.79 Å². The van der Waals surface area contributed by atoms with Crippen molar-refractivity contribution in [3.05, 3.63) is 63.6 Å². The van der Waals surface area contributed by atoms with Crippen LogP contribution in [0.1, 0.15) is 17.5 Å². The molecule has 2 N–H and O–H groups in total. The van der Waals surface area contributed by atoms with E-state index in [4.69, 9.17) is 23.2 Å². The number of aryl methyl sites for hydroxylation is 1. The van der Waals surface area contributed by atoms with Gasteiger partial charge in [0, 0.05) is 28.7 Å². The fourth-order valence-corrected chi connectivity index (χ4v) is 2.41. The molecule has 0 atom stereocenters. The fourth-order valence-electron chi connectivity index (χ4n) is 2.10. The van der Waals surface area contributed by atoms with Gasteiger partial charge in [0.2, 0.25) is 5.91 Å². The summed E-state index contributed by atoms with van der Waals surface area (Å²) in [7, 11) is 0. The van der Waals surface area contributed by atoms with Crippen LogP contribution in [0.2, 0.25) is 10.0 Å². The minimum atomic E-state index is -0.0242. The highest BCUT2D eigenvalue weighted by molar-refractivity contribution is 6.31. The van der Waals surface area contributed by atoms with E-state index >= 15 is 0 Å². The molecular formula is C18H20Cl2N2O. The van der Waals surface area contributed by atoms with Gasteiger partial charge in [0.15, 0.2) is 0 Å². The SMILES string of the molecule is Cc1ccc(NC(=O)CCNCCc2ccc(Cl)cc2)cc1Cl. The quantitative estimate of drug-likeness (QED) is 0.723. The van der Waals surface area contributed by atoms with Crippen molar-refractivity contribution < 1.29 is 4.79 Å². The Bertz CT molecular complexity index is 657. The summed E-state index contributed by atoms with van der Waals surface area (Å²) in [6, 6.07) is 13.3. The third-order valence-electron chi connectivity index (χ3n) is 3.49.